The van der Waals surface area contributed by atoms with Gasteiger partial charge in [-0.15, -0.1) is 6.58 Å². The van der Waals surface area contributed by atoms with Gasteiger partial charge in [0.1, 0.15) is 23.9 Å². The first-order valence-electron chi connectivity index (χ1n) is 22.4. The molecule has 4 rings (SSSR count). The smallest absolute Gasteiger partial charge is 0.312 e. The number of likely N-dealkylation sites (N-methyl/N-ethyl adjacent to an activating group) is 1. The number of hydrogen-bond donors (Lipinski definition) is 6. The standard InChI is InChI=1S/C47H73N5O12/c1-13-21-60-46(9)24-26(3)50-42(56)30(7)40(55)47(10,59)36(14-2)62-44(58)29(6)39(28(5)41(46)64-45-38(54)35(52(11)12)22-27(4)61-45)63-37(53)19-20-48-31(8)43(57)51-33-23-32-17-15-16-18-34(32)49-25-33/h13,15-18,23,25-31,35-36,38-41,45,48,54-55,59H,1,14,19-22,24H2,2-12H3,(H,50,56)(H,51,57)/t26-,27-,28+,29-,30-,31?,35+,36-,38-,39+,40-,41-,45+,46-,47-/m1/s1. The Morgan fingerprint density at radius 3 is 2.45 bits per heavy atom. The normalized spacial score (nSPS) is 35.0. The summed E-state index contributed by atoms with van der Waals surface area (Å²) in [5.41, 5.74) is -2.11. The number of para-hydroxylation sites is 1. The number of amides is 2. The van der Waals surface area contributed by atoms with Gasteiger partial charge in [-0.3, -0.25) is 24.2 Å². The second kappa shape index (κ2) is 22.9. The lowest BCUT2D eigenvalue weighted by Gasteiger charge is -2.48. The third kappa shape index (κ3) is 13.1. The molecule has 0 spiro atoms. The van der Waals surface area contributed by atoms with Crippen LogP contribution in [0.1, 0.15) is 88.0 Å². The van der Waals surface area contributed by atoms with Gasteiger partial charge in [-0.25, -0.2) is 0 Å². The van der Waals surface area contributed by atoms with E-state index in [1.165, 1.54) is 20.8 Å². The molecule has 0 aliphatic carbocycles. The summed E-state index contributed by atoms with van der Waals surface area (Å²) in [6, 6.07) is 7.66. The molecule has 6 N–H and O–H groups in total. The average molecular weight is 900 g/mol. The molecule has 2 aliphatic rings. The lowest BCUT2D eigenvalue weighted by Crippen LogP contribution is -2.60. The number of aliphatic hydroxyl groups is 3. The van der Waals surface area contributed by atoms with Crippen LogP contribution in [0.2, 0.25) is 0 Å². The highest BCUT2D eigenvalue weighted by molar-refractivity contribution is 5.96. The molecule has 2 saturated heterocycles. The number of pyridine rings is 1. The predicted octanol–water partition coefficient (Wildman–Crippen LogP) is 3.48. The lowest BCUT2D eigenvalue weighted by molar-refractivity contribution is -0.302. The summed E-state index contributed by atoms with van der Waals surface area (Å²) >= 11 is 0. The van der Waals surface area contributed by atoms with E-state index in [1.807, 2.05) is 56.3 Å². The van der Waals surface area contributed by atoms with Crippen molar-refractivity contribution in [2.45, 2.75) is 160 Å². The zero-order chi connectivity index (χ0) is 47.7. The summed E-state index contributed by atoms with van der Waals surface area (Å²) in [6.07, 6.45) is -4.35. The van der Waals surface area contributed by atoms with E-state index in [0.29, 0.717) is 12.1 Å². The molecule has 2 aromatic rings. The van der Waals surface area contributed by atoms with Gasteiger partial charge >= 0.3 is 11.9 Å². The first-order chi connectivity index (χ1) is 30.0. The van der Waals surface area contributed by atoms with E-state index >= 15 is 0 Å². The molecule has 17 heteroatoms. The summed E-state index contributed by atoms with van der Waals surface area (Å²) in [5, 5.41) is 44.5. The van der Waals surface area contributed by atoms with Gasteiger partial charge < -0.3 is 59.9 Å². The number of carbonyl (C=O) groups is 4. The number of benzene rings is 1. The molecule has 2 amide bonds. The van der Waals surface area contributed by atoms with E-state index < -0.39 is 95.7 Å². The quantitative estimate of drug-likeness (QED) is 0.118. The van der Waals surface area contributed by atoms with E-state index in [1.54, 1.807) is 46.9 Å². The van der Waals surface area contributed by atoms with Crippen molar-refractivity contribution in [2.24, 2.45) is 17.8 Å². The number of rotatable bonds is 14. The number of fused-ring (bicyclic) bond motifs is 1. The number of hydrogen-bond acceptors (Lipinski definition) is 15. The summed E-state index contributed by atoms with van der Waals surface area (Å²) in [4.78, 5) is 61.3. The molecule has 1 aromatic heterocycles. The third-order valence-corrected chi connectivity index (χ3v) is 12.7. The zero-order valence-corrected chi connectivity index (χ0v) is 39.4. The number of carbonyl (C=O) groups excluding carboxylic acids is 4. The Bertz CT molecular complexity index is 1900. The van der Waals surface area contributed by atoms with Crippen molar-refractivity contribution in [3.8, 4) is 0 Å². The number of anilines is 1. The van der Waals surface area contributed by atoms with E-state index in [4.69, 9.17) is 23.7 Å². The van der Waals surface area contributed by atoms with E-state index in [9.17, 15) is 34.5 Å². The molecule has 2 fully saturated rings. The summed E-state index contributed by atoms with van der Waals surface area (Å²) in [6.45, 7) is 18.7. The van der Waals surface area contributed by atoms with Gasteiger partial charge in [-0.1, -0.05) is 45.0 Å². The van der Waals surface area contributed by atoms with E-state index in [0.717, 1.165) is 10.9 Å². The Hall–Kier alpha value is -4.07. The van der Waals surface area contributed by atoms with Crippen LogP contribution in [0.25, 0.3) is 10.9 Å². The highest BCUT2D eigenvalue weighted by Crippen LogP contribution is 2.38. The van der Waals surface area contributed by atoms with Crippen molar-refractivity contribution < 1.29 is 58.2 Å². The molecule has 0 bridgehead atoms. The minimum atomic E-state index is -2.07. The predicted molar refractivity (Wildman–Crippen MR) is 241 cm³/mol. The molecule has 0 saturated carbocycles. The minimum Gasteiger partial charge on any atom is -0.461 e. The lowest BCUT2D eigenvalue weighted by atomic mass is 9.78. The fourth-order valence-electron chi connectivity index (χ4n) is 8.92. The molecule has 1 unspecified atom stereocenters. The van der Waals surface area contributed by atoms with Crippen LogP contribution in [-0.2, 0) is 42.9 Å². The average Bonchev–Trinajstić information content (AvgIpc) is 3.24. The van der Waals surface area contributed by atoms with Crippen LogP contribution in [-0.4, -0.2) is 148 Å². The highest BCUT2D eigenvalue weighted by atomic mass is 16.7. The first kappa shape index (κ1) is 52.6. The van der Waals surface area contributed by atoms with Crippen molar-refractivity contribution in [1.29, 1.82) is 0 Å². The van der Waals surface area contributed by atoms with Crippen molar-refractivity contribution in [2.75, 3.05) is 32.6 Å². The first-order valence-corrected chi connectivity index (χ1v) is 22.4. The van der Waals surface area contributed by atoms with Gasteiger partial charge in [0.15, 0.2) is 6.29 Å². The number of ether oxygens (including phenoxy) is 5. The van der Waals surface area contributed by atoms with Crippen LogP contribution in [0.3, 0.4) is 0 Å². The molecular weight excluding hydrogens is 827 g/mol. The largest absolute Gasteiger partial charge is 0.461 e. The van der Waals surface area contributed by atoms with Crippen molar-refractivity contribution >= 4 is 40.3 Å². The third-order valence-electron chi connectivity index (χ3n) is 12.7. The molecule has 15 atom stereocenters. The number of cyclic esters (lactones) is 1. The van der Waals surface area contributed by atoms with Gasteiger partial charge in [0.05, 0.1) is 72.2 Å². The number of aliphatic hydroxyl groups excluding tert-OH is 2. The highest BCUT2D eigenvalue weighted by Gasteiger charge is 2.52. The molecule has 64 heavy (non-hydrogen) atoms. The van der Waals surface area contributed by atoms with Gasteiger partial charge in [0.2, 0.25) is 11.8 Å². The second-order valence-corrected chi connectivity index (χ2v) is 18.4. The summed E-state index contributed by atoms with van der Waals surface area (Å²) < 4.78 is 31.8. The Labute approximate surface area is 378 Å². The molecule has 0 radical (unpaired) electrons. The fraction of sp³-hybridized carbons (Fsp3) is 0.681. The van der Waals surface area contributed by atoms with Crippen LogP contribution in [0.5, 0.6) is 0 Å². The van der Waals surface area contributed by atoms with Gasteiger partial charge in [-0.2, -0.15) is 0 Å². The maximum absolute atomic E-state index is 14.3. The number of esters is 2. The summed E-state index contributed by atoms with van der Waals surface area (Å²) in [5.74, 6) is -5.71. The Morgan fingerprint density at radius 1 is 1.11 bits per heavy atom. The monoisotopic (exact) mass is 900 g/mol. The van der Waals surface area contributed by atoms with Crippen molar-refractivity contribution in [1.82, 2.24) is 20.5 Å². The Balaban J connectivity index is 1.70. The Morgan fingerprint density at radius 2 is 1.80 bits per heavy atom. The van der Waals surface area contributed by atoms with E-state index in [-0.39, 0.29) is 50.5 Å². The van der Waals surface area contributed by atoms with Crippen LogP contribution in [0.15, 0.2) is 49.2 Å². The van der Waals surface area contributed by atoms with Crippen molar-refractivity contribution in [3.05, 3.63) is 49.2 Å². The Kier molecular flexibility index (Phi) is 18.8. The van der Waals surface area contributed by atoms with Crippen LogP contribution < -0.4 is 16.0 Å². The van der Waals surface area contributed by atoms with E-state index in [2.05, 4.69) is 27.5 Å². The second-order valence-electron chi connectivity index (χ2n) is 18.4. The number of aromatic nitrogens is 1. The molecule has 17 nitrogen and oxygen atoms in total. The molecule has 2 aliphatic heterocycles. The summed E-state index contributed by atoms with van der Waals surface area (Å²) in [7, 11) is 3.70. The SMILES string of the molecule is C=CCO[C@]1(C)C[C@@H](C)NC(=O)[C@H](C)[C@@H](O)[C@](C)(O)[C@@H](CC)OC(=O)[C@H](C)[C@@H](OC(=O)CCNC(C)C(=O)Nc2cnc3ccccc3c2)[C@H](C)[C@H]1O[C@@H]1O[C@H](C)C[C@H](N(C)C)[C@H]1O. The van der Waals surface area contributed by atoms with Crippen molar-refractivity contribution in [3.63, 3.8) is 0 Å². The molecule has 358 valence electrons. The number of nitrogens with zero attached hydrogens (tertiary/aromatic N) is 2. The fourth-order valence-corrected chi connectivity index (χ4v) is 8.92. The maximum Gasteiger partial charge on any atom is 0.312 e. The zero-order valence-electron chi connectivity index (χ0n) is 39.4. The van der Waals surface area contributed by atoms with Gasteiger partial charge in [-0.05, 0) is 87.0 Å². The molecule has 3 heterocycles. The number of nitrogens with one attached hydrogen (secondary N) is 3. The molecular formula is C47H73N5O12. The van der Waals surface area contributed by atoms with Crippen LogP contribution >= 0.6 is 0 Å². The van der Waals surface area contributed by atoms with Crippen LogP contribution in [0, 0.1) is 17.8 Å². The minimum absolute atomic E-state index is 0.0293. The van der Waals surface area contributed by atoms with Gasteiger partial charge in [0.25, 0.3) is 0 Å². The topological polar surface area (TPSA) is 227 Å². The molecule has 1 aromatic carbocycles. The van der Waals surface area contributed by atoms with Gasteiger partial charge in [0, 0.05) is 29.9 Å². The maximum atomic E-state index is 14.3. The van der Waals surface area contributed by atoms with Crippen LogP contribution in [0.4, 0.5) is 5.69 Å².